The maximum Gasteiger partial charge on any atom is 0.264 e. The zero-order chi connectivity index (χ0) is 18.6. The fourth-order valence-corrected chi connectivity index (χ4v) is 3.42. The first-order valence-electron chi connectivity index (χ1n) is 7.86. The van der Waals surface area contributed by atoms with Gasteiger partial charge >= 0.3 is 0 Å². The van der Waals surface area contributed by atoms with Crippen LogP contribution >= 0.6 is 11.6 Å². The van der Waals surface area contributed by atoms with E-state index in [4.69, 9.17) is 16.3 Å². The molecule has 1 N–H and O–H groups in total. The van der Waals surface area contributed by atoms with Gasteiger partial charge in [0.15, 0.2) is 0 Å². The predicted molar refractivity (Wildman–Crippen MR) is 99.0 cm³/mol. The minimum atomic E-state index is -3.78. The van der Waals surface area contributed by atoms with Crippen LogP contribution in [0.3, 0.4) is 0 Å². The predicted octanol–water partition coefficient (Wildman–Crippen LogP) is 3.18. The number of ether oxygens (including phenoxy) is 1. The standard InChI is InChI=1S/C17H17ClN4O3S/c1-2-25-14-7-9-15(10-8-14)26(23,24)21-17-19-12-22(20-17)11-13-5-3-4-6-16(13)18/h3-10,12H,2,11H2,1H3,(H,20,21). The summed E-state index contributed by atoms with van der Waals surface area (Å²) in [6, 6.07) is 13.5. The van der Waals surface area contributed by atoms with Gasteiger partial charge in [0.25, 0.3) is 16.0 Å². The minimum Gasteiger partial charge on any atom is -0.494 e. The molecule has 3 aromatic rings. The van der Waals surface area contributed by atoms with E-state index in [-0.39, 0.29) is 10.8 Å². The first-order chi connectivity index (χ1) is 12.5. The van der Waals surface area contributed by atoms with Gasteiger partial charge in [-0.2, -0.15) is 4.98 Å². The SMILES string of the molecule is CCOc1ccc(S(=O)(=O)Nc2ncn(Cc3ccccc3Cl)n2)cc1. The van der Waals surface area contributed by atoms with Crippen molar-refractivity contribution in [3.63, 3.8) is 0 Å². The van der Waals surface area contributed by atoms with E-state index in [1.165, 1.54) is 23.1 Å². The van der Waals surface area contributed by atoms with Gasteiger partial charge in [0.1, 0.15) is 12.1 Å². The number of nitrogens with zero attached hydrogens (tertiary/aromatic N) is 3. The fraction of sp³-hybridized carbons (Fsp3) is 0.176. The van der Waals surface area contributed by atoms with Crippen LogP contribution < -0.4 is 9.46 Å². The summed E-state index contributed by atoms with van der Waals surface area (Å²) in [5.41, 5.74) is 0.861. The third kappa shape index (κ3) is 4.33. The second-order valence-electron chi connectivity index (χ2n) is 5.37. The van der Waals surface area contributed by atoms with Crippen molar-refractivity contribution in [1.82, 2.24) is 14.8 Å². The van der Waals surface area contributed by atoms with Crippen LogP contribution in [-0.4, -0.2) is 29.8 Å². The highest BCUT2D eigenvalue weighted by Crippen LogP contribution is 2.19. The molecule has 2 aromatic carbocycles. The average Bonchev–Trinajstić information content (AvgIpc) is 3.04. The molecule has 0 unspecified atom stereocenters. The van der Waals surface area contributed by atoms with Crippen LogP contribution in [0.5, 0.6) is 5.75 Å². The molecule has 0 radical (unpaired) electrons. The van der Waals surface area contributed by atoms with Gasteiger partial charge in [-0.25, -0.2) is 17.8 Å². The summed E-state index contributed by atoms with van der Waals surface area (Å²) in [6.45, 7) is 2.76. The molecule has 0 spiro atoms. The van der Waals surface area contributed by atoms with E-state index >= 15 is 0 Å². The summed E-state index contributed by atoms with van der Waals surface area (Å²) in [4.78, 5) is 4.09. The quantitative estimate of drug-likeness (QED) is 0.667. The van der Waals surface area contributed by atoms with Crippen LogP contribution in [0.25, 0.3) is 0 Å². The lowest BCUT2D eigenvalue weighted by atomic mass is 10.2. The van der Waals surface area contributed by atoms with E-state index in [1.54, 1.807) is 18.2 Å². The number of sulfonamides is 1. The van der Waals surface area contributed by atoms with Crippen molar-refractivity contribution in [2.24, 2.45) is 0 Å². The van der Waals surface area contributed by atoms with Crippen molar-refractivity contribution in [2.45, 2.75) is 18.4 Å². The molecule has 0 atom stereocenters. The van der Waals surface area contributed by atoms with Gasteiger partial charge < -0.3 is 4.74 Å². The maximum atomic E-state index is 12.4. The number of anilines is 1. The minimum absolute atomic E-state index is 0.00839. The van der Waals surface area contributed by atoms with E-state index in [2.05, 4.69) is 14.8 Å². The molecule has 0 saturated heterocycles. The number of hydrogen-bond acceptors (Lipinski definition) is 5. The molecule has 0 amide bonds. The van der Waals surface area contributed by atoms with Gasteiger partial charge in [-0.05, 0) is 42.8 Å². The highest BCUT2D eigenvalue weighted by Gasteiger charge is 2.16. The second-order valence-corrected chi connectivity index (χ2v) is 7.46. The summed E-state index contributed by atoms with van der Waals surface area (Å²) in [5.74, 6) is 0.597. The van der Waals surface area contributed by atoms with E-state index < -0.39 is 10.0 Å². The summed E-state index contributed by atoms with van der Waals surface area (Å²) < 4.78 is 34.0. The maximum absolute atomic E-state index is 12.4. The molecule has 136 valence electrons. The highest BCUT2D eigenvalue weighted by molar-refractivity contribution is 7.92. The molecule has 1 heterocycles. The molecule has 0 fully saturated rings. The first kappa shape index (κ1) is 18.2. The molecule has 0 aliphatic heterocycles. The normalized spacial score (nSPS) is 11.3. The van der Waals surface area contributed by atoms with E-state index in [9.17, 15) is 8.42 Å². The Bertz CT molecular complexity index is 987. The van der Waals surface area contributed by atoms with Gasteiger partial charge in [-0.15, -0.1) is 5.10 Å². The van der Waals surface area contributed by atoms with Gasteiger partial charge in [-0.3, -0.25) is 0 Å². The van der Waals surface area contributed by atoms with Crippen molar-refractivity contribution >= 4 is 27.6 Å². The number of hydrogen-bond donors (Lipinski definition) is 1. The molecule has 26 heavy (non-hydrogen) atoms. The average molecular weight is 393 g/mol. The summed E-state index contributed by atoms with van der Waals surface area (Å²) in [6.07, 6.45) is 1.44. The van der Waals surface area contributed by atoms with Crippen LogP contribution in [0.2, 0.25) is 5.02 Å². The monoisotopic (exact) mass is 392 g/mol. The van der Waals surface area contributed by atoms with Crippen molar-refractivity contribution in [3.05, 3.63) is 65.4 Å². The smallest absolute Gasteiger partial charge is 0.264 e. The number of aromatic nitrogens is 3. The third-order valence-electron chi connectivity index (χ3n) is 3.50. The Hall–Kier alpha value is -2.58. The third-order valence-corrected chi connectivity index (χ3v) is 5.21. The van der Waals surface area contributed by atoms with Crippen LogP contribution in [0.1, 0.15) is 12.5 Å². The topological polar surface area (TPSA) is 86.1 Å². The Kier molecular flexibility index (Phi) is 5.43. The van der Waals surface area contributed by atoms with Crippen molar-refractivity contribution in [1.29, 1.82) is 0 Å². The van der Waals surface area contributed by atoms with Crippen LogP contribution in [0.4, 0.5) is 5.95 Å². The Morgan fingerprint density at radius 1 is 1.15 bits per heavy atom. The Morgan fingerprint density at radius 2 is 1.88 bits per heavy atom. The van der Waals surface area contributed by atoms with E-state index in [0.717, 1.165) is 5.56 Å². The van der Waals surface area contributed by atoms with E-state index in [1.807, 2.05) is 25.1 Å². The summed E-state index contributed by atoms with van der Waals surface area (Å²) in [7, 11) is -3.78. The Labute approximate surface area is 156 Å². The van der Waals surface area contributed by atoms with Crippen LogP contribution in [0.15, 0.2) is 59.8 Å². The van der Waals surface area contributed by atoms with Gasteiger partial charge in [0.05, 0.1) is 18.0 Å². The number of halogens is 1. The molecule has 7 nitrogen and oxygen atoms in total. The van der Waals surface area contributed by atoms with Gasteiger partial charge in [0, 0.05) is 5.02 Å². The second kappa shape index (κ2) is 7.76. The zero-order valence-electron chi connectivity index (χ0n) is 14.0. The Balaban J connectivity index is 1.72. The molecule has 0 bridgehead atoms. The molecule has 9 heteroatoms. The number of nitrogens with one attached hydrogen (secondary N) is 1. The van der Waals surface area contributed by atoms with Crippen molar-refractivity contribution in [2.75, 3.05) is 11.3 Å². The lowest BCUT2D eigenvalue weighted by Crippen LogP contribution is -2.14. The van der Waals surface area contributed by atoms with Gasteiger partial charge in [0.2, 0.25) is 0 Å². The molecule has 0 aliphatic carbocycles. The number of benzene rings is 2. The zero-order valence-corrected chi connectivity index (χ0v) is 15.5. The molecule has 0 saturated carbocycles. The Morgan fingerprint density at radius 3 is 2.58 bits per heavy atom. The highest BCUT2D eigenvalue weighted by atomic mass is 35.5. The van der Waals surface area contributed by atoms with Crippen LogP contribution in [0, 0.1) is 0 Å². The fourth-order valence-electron chi connectivity index (χ4n) is 2.28. The number of rotatable bonds is 7. The van der Waals surface area contributed by atoms with Crippen LogP contribution in [-0.2, 0) is 16.6 Å². The molecular formula is C17H17ClN4O3S. The molecular weight excluding hydrogens is 376 g/mol. The first-order valence-corrected chi connectivity index (χ1v) is 9.72. The summed E-state index contributed by atoms with van der Waals surface area (Å²) >= 11 is 6.12. The lowest BCUT2D eigenvalue weighted by Gasteiger charge is -2.07. The van der Waals surface area contributed by atoms with Crippen molar-refractivity contribution in [3.8, 4) is 5.75 Å². The lowest BCUT2D eigenvalue weighted by molar-refractivity contribution is 0.340. The summed E-state index contributed by atoms with van der Waals surface area (Å²) in [5, 5.41) is 4.75. The molecule has 3 rings (SSSR count). The van der Waals surface area contributed by atoms with Crippen molar-refractivity contribution < 1.29 is 13.2 Å². The largest absolute Gasteiger partial charge is 0.494 e. The van der Waals surface area contributed by atoms with E-state index in [0.29, 0.717) is 23.9 Å². The molecule has 1 aromatic heterocycles. The molecule has 0 aliphatic rings. The van der Waals surface area contributed by atoms with Gasteiger partial charge in [-0.1, -0.05) is 29.8 Å².